The molecule has 152 valence electrons. The van der Waals surface area contributed by atoms with Crippen molar-refractivity contribution in [2.75, 3.05) is 13.8 Å². The molecule has 3 aromatic rings. The van der Waals surface area contributed by atoms with Crippen LogP contribution in [-0.4, -0.2) is 40.9 Å². The summed E-state index contributed by atoms with van der Waals surface area (Å²) >= 11 is 5.56. The van der Waals surface area contributed by atoms with E-state index in [4.69, 9.17) is 27.7 Å². The molecule has 0 fully saturated rings. The van der Waals surface area contributed by atoms with E-state index >= 15 is 0 Å². The third-order valence-corrected chi connectivity index (χ3v) is 4.60. The monoisotopic (exact) mass is 413 g/mol. The summed E-state index contributed by atoms with van der Waals surface area (Å²) in [5, 5.41) is 24.2. The summed E-state index contributed by atoms with van der Waals surface area (Å²) in [6.07, 6.45) is 1.65. The zero-order valence-electron chi connectivity index (χ0n) is 16.3. The lowest BCUT2D eigenvalue weighted by molar-refractivity contribution is 0.101. The highest BCUT2D eigenvalue weighted by atomic mass is 35.5. The minimum atomic E-state index is -0.0631. The van der Waals surface area contributed by atoms with Crippen molar-refractivity contribution in [3.63, 3.8) is 0 Å². The molecule has 0 unspecified atom stereocenters. The molecule has 0 saturated carbocycles. The number of Topliss-reactive ketones (excluding diaryl/α,β-unsaturated/α-hetero) is 1. The van der Waals surface area contributed by atoms with E-state index in [1.165, 1.54) is 30.7 Å². The van der Waals surface area contributed by atoms with Gasteiger partial charge in [-0.3, -0.25) is 9.69 Å². The number of benzene rings is 3. The van der Waals surface area contributed by atoms with Gasteiger partial charge in [0.2, 0.25) is 0 Å². The number of aliphatic hydroxyl groups is 1. The number of hydrogen-bond donors (Lipinski definition) is 3. The molecule has 3 rings (SSSR count). The highest BCUT2D eigenvalue weighted by molar-refractivity contribution is 6.32. The van der Waals surface area contributed by atoms with Crippen molar-refractivity contribution in [3.05, 3.63) is 76.3 Å². The third-order valence-electron chi connectivity index (χ3n) is 4.30. The van der Waals surface area contributed by atoms with E-state index in [2.05, 4.69) is 17.2 Å². The first kappa shape index (κ1) is 22.4. The first-order chi connectivity index (χ1) is 13.9. The van der Waals surface area contributed by atoms with Crippen molar-refractivity contribution in [2.45, 2.75) is 13.5 Å². The molecule has 0 radical (unpaired) electrons. The Balaban J connectivity index is 0.000000234. The predicted molar refractivity (Wildman–Crippen MR) is 117 cm³/mol. The van der Waals surface area contributed by atoms with E-state index in [9.17, 15) is 4.79 Å². The SMILES string of the molecule is CC(=O)c1ccc(O)c(Cl)c1.CN(CO)Cc1ccc(/C=N/N)c2ccccc12. The number of aliphatic hydroxyl groups excluding tert-OH is 1. The molecule has 0 aliphatic carbocycles. The Morgan fingerprint density at radius 3 is 2.45 bits per heavy atom. The summed E-state index contributed by atoms with van der Waals surface area (Å²) in [5.74, 6) is 5.15. The molecule has 0 bridgehead atoms. The predicted octanol–water partition coefficient (Wildman–Crippen LogP) is 3.76. The van der Waals surface area contributed by atoms with Gasteiger partial charge >= 0.3 is 0 Å². The zero-order chi connectivity index (χ0) is 21.4. The maximum absolute atomic E-state index is 10.8. The van der Waals surface area contributed by atoms with Gasteiger partial charge < -0.3 is 16.1 Å². The van der Waals surface area contributed by atoms with Gasteiger partial charge in [0.05, 0.1) is 18.0 Å². The standard InChI is InChI=1S/C14H17N3O.C8H7ClO2/c1-17(10-18)9-12-7-6-11(8-16-15)13-4-2-3-5-14(12)13;1-5(10)6-2-3-8(11)7(9)4-6/h2-8,18H,9-10,15H2,1H3;2-4,11H,1H3/b16-8+;. The Morgan fingerprint density at radius 2 is 1.86 bits per heavy atom. The van der Waals surface area contributed by atoms with Crippen LogP contribution in [0.3, 0.4) is 0 Å². The minimum Gasteiger partial charge on any atom is -0.506 e. The average molecular weight is 414 g/mol. The molecule has 29 heavy (non-hydrogen) atoms. The largest absolute Gasteiger partial charge is 0.506 e. The van der Waals surface area contributed by atoms with Crippen LogP contribution in [0.5, 0.6) is 5.75 Å². The number of ketones is 1. The fourth-order valence-electron chi connectivity index (χ4n) is 2.78. The fraction of sp³-hybridized carbons (Fsp3) is 0.182. The zero-order valence-corrected chi connectivity index (χ0v) is 17.1. The molecular weight excluding hydrogens is 390 g/mol. The summed E-state index contributed by atoms with van der Waals surface area (Å²) < 4.78 is 0. The summed E-state index contributed by atoms with van der Waals surface area (Å²) in [6, 6.07) is 16.6. The van der Waals surface area contributed by atoms with Crippen LogP contribution < -0.4 is 5.84 Å². The number of aromatic hydroxyl groups is 1. The van der Waals surface area contributed by atoms with Gasteiger partial charge in [0.1, 0.15) is 5.75 Å². The molecule has 4 N–H and O–H groups in total. The minimum absolute atomic E-state index is 0.00309. The molecule has 0 atom stereocenters. The van der Waals surface area contributed by atoms with Crippen LogP contribution in [0.25, 0.3) is 10.8 Å². The first-order valence-electron chi connectivity index (χ1n) is 8.90. The Bertz CT molecular complexity index is 1020. The number of halogens is 1. The number of carbonyl (C=O) groups excluding carboxylic acids is 1. The lowest BCUT2D eigenvalue weighted by Gasteiger charge is -2.15. The number of hydrazone groups is 1. The number of nitrogens with zero attached hydrogens (tertiary/aromatic N) is 2. The van der Waals surface area contributed by atoms with Gasteiger partial charge in [-0.1, -0.05) is 48.0 Å². The van der Waals surface area contributed by atoms with Crippen molar-refractivity contribution in [2.24, 2.45) is 10.9 Å². The van der Waals surface area contributed by atoms with Gasteiger partial charge in [-0.25, -0.2) is 0 Å². The molecule has 0 aromatic heterocycles. The fourth-order valence-corrected chi connectivity index (χ4v) is 2.96. The highest BCUT2D eigenvalue weighted by Gasteiger charge is 2.06. The molecule has 0 spiro atoms. The summed E-state index contributed by atoms with van der Waals surface area (Å²) in [6.45, 7) is 2.19. The van der Waals surface area contributed by atoms with Crippen molar-refractivity contribution in [1.29, 1.82) is 0 Å². The van der Waals surface area contributed by atoms with Crippen LogP contribution in [0.15, 0.2) is 59.7 Å². The van der Waals surface area contributed by atoms with Crippen molar-refractivity contribution in [1.82, 2.24) is 4.90 Å². The first-order valence-corrected chi connectivity index (χ1v) is 9.28. The van der Waals surface area contributed by atoms with Gasteiger partial charge in [-0.05, 0) is 48.5 Å². The molecule has 0 aliphatic heterocycles. The second-order valence-electron chi connectivity index (χ2n) is 6.52. The highest BCUT2D eigenvalue weighted by Crippen LogP contribution is 2.24. The number of phenolic OH excluding ortho intramolecular Hbond substituents is 1. The number of phenols is 1. The lowest BCUT2D eigenvalue weighted by Crippen LogP contribution is -2.18. The van der Waals surface area contributed by atoms with Crippen molar-refractivity contribution in [3.8, 4) is 5.75 Å². The average Bonchev–Trinajstić information content (AvgIpc) is 2.72. The van der Waals surface area contributed by atoms with E-state index in [1.807, 2.05) is 36.2 Å². The third kappa shape index (κ3) is 6.02. The smallest absolute Gasteiger partial charge is 0.159 e. The van der Waals surface area contributed by atoms with Crippen LogP contribution >= 0.6 is 11.6 Å². The van der Waals surface area contributed by atoms with Gasteiger partial charge in [0, 0.05) is 17.7 Å². The second-order valence-corrected chi connectivity index (χ2v) is 6.92. The van der Waals surface area contributed by atoms with Crippen LogP contribution in [-0.2, 0) is 6.54 Å². The van der Waals surface area contributed by atoms with Crippen LogP contribution in [0, 0.1) is 0 Å². The van der Waals surface area contributed by atoms with Crippen molar-refractivity contribution >= 4 is 34.4 Å². The van der Waals surface area contributed by atoms with Gasteiger partial charge in [0.15, 0.2) is 5.78 Å². The molecule has 0 saturated heterocycles. The van der Waals surface area contributed by atoms with Crippen LogP contribution in [0.2, 0.25) is 5.02 Å². The quantitative estimate of drug-likeness (QED) is 0.194. The van der Waals surface area contributed by atoms with Crippen LogP contribution in [0.4, 0.5) is 0 Å². The molecule has 0 aliphatic rings. The Labute approximate surface area is 174 Å². The van der Waals surface area contributed by atoms with E-state index in [0.717, 1.165) is 16.3 Å². The van der Waals surface area contributed by atoms with E-state index in [0.29, 0.717) is 12.1 Å². The van der Waals surface area contributed by atoms with Gasteiger partial charge in [-0.2, -0.15) is 5.10 Å². The summed E-state index contributed by atoms with van der Waals surface area (Å²) in [7, 11) is 1.88. The number of rotatable bonds is 5. The van der Waals surface area contributed by atoms with E-state index in [-0.39, 0.29) is 23.3 Å². The Hall–Kier alpha value is -2.93. The number of carbonyl (C=O) groups is 1. The normalized spacial score (nSPS) is 10.9. The maximum atomic E-state index is 10.8. The summed E-state index contributed by atoms with van der Waals surface area (Å²) in [4.78, 5) is 12.6. The van der Waals surface area contributed by atoms with Crippen LogP contribution in [0.1, 0.15) is 28.4 Å². The van der Waals surface area contributed by atoms with Crippen molar-refractivity contribution < 1.29 is 15.0 Å². The van der Waals surface area contributed by atoms with Gasteiger partial charge in [0.25, 0.3) is 0 Å². The van der Waals surface area contributed by atoms with E-state index < -0.39 is 0 Å². The second kappa shape index (κ2) is 10.6. The number of hydrogen-bond acceptors (Lipinski definition) is 6. The number of nitrogens with two attached hydrogens (primary N) is 1. The molecule has 7 heteroatoms. The Morgan fingerprint density at radius 1 is 1.17 bits per heavy atom. The molecule has 3 aromatic carbocycles. The van der Waals surface area contributed by atoms with Gasteiger partial charge in [-0.15, -0.1) is 0 Å². The molecular formula is C22H24ClN3O3. The molecule has 0 heterocycles. The molecule has 0 amide bonds. The summed E-state index contributed by atoms with van der Waals surface area (Å²) in [5.41, 5.74) is 2.69. The lowest BCUT2D eigenvalue weighted by atomic mass is 10.00. The topological polar surface area (TPSA) is 99.1 Å². The van der Waals surface area contributed by atoms with E-state index in [1.54, 1.807) is 6.21 Å². The molecule has 6 nitrogen and oxygen atoms in total. The maximum Gasteiger partial charge on any atom is 0.159 e. The number of fused-ring (bicyclic) bond motifs is 1. The Kier molecular flexibility index (Phi) is 8.15.